The zero-order valence-electron chi connectivity index (χ0n) is 20.1. The molecule has 1 fully saturated rings. The molecule has 200 valence electrons. The van der Waals surface area contributed by atoms with Crippen LogP contribution in [0.4, 0.5) is 0 Å². The SMILES string of the molecule is NCCCCC(N)C(=O)N1CCCC1C(=O)NC(CCCCN)C(=O)NC(CCC(=O)O)C(=O)O. The van der Waals surface area contributed by atoms with E-state index in [2.05, 4.69) is 10.6 Å². The summed E-state index contributed by atoms with van der Waals surface area (Å²) < 4.78 is 0. The van der Waals surface area contributed by atoms with E-state index in [1.165, 1.54) is 4.90 Å². The lowest BCUT2D eigenvalue weighted by molar-refractivity contribution is -0.144. The molecule has 0 aromatic carbocycles. The molecular formula is C22H40N6O7. The Morgan fingerprint density at radius 1 is 0.886 bits per heavy atom. The van der Waals surface area contributed by atoms with Gasteiger partial charge in [-0.05, 0) is 64.5 Å². The van der Waals surface area contributed by atoms with Gasteiger partial charge in [0.05, 0.1) is 6.04 Å². The van der Waals surface area contributed by atoms with Gasteiger partial charge < -0.3 is 42.9 Å². The van der Waals surface area contributed by atoms with Gasteiger partial charge in [-0.3, -0.25) is 19.2 Å². The molecule has 1 aliphatic heterocycles. The van der Waals surface area contributed by atoms with Crippen LogP contribution in [-0.4, -0.2) is 88.6 Å². The Morgan fingerprint density at radius 2 is 1.51 bits per heavy atom. The molecule has 1 saturated heterocycles. The maximum absolute atomic E-state index is 13.1. The van der Waals surface area contributed by atoms with Crippen molar-refractivity contribution in [1.82, 2.24) is 15.5 Å². The third-order valence-corrected chi connectivity index (χ3v) is 5.97. The smallest absolute Gasteiger partial charge is 0.326 e. The number of amides is 3. The van der Waals surface area contributed by atoms with Gasteiger partial charge in [-0.25, -0.2) is 4.79 Å². The fraction of sp³-hybridized carbons (Fsp3) is 0.773. The van der Waals surface area contributed by atoms with Crippen LogP contribution in [0.1, 0.15) is 64.2 Å². The summed E-state index contributed by atoms with van der Waals surface area (Å²) in [5.74, 6) is -4.14. The number of likely N-dealkylation sites (tertiary alicyclic amines) is 1. The molecule has 13 nitrogen and oxygen atoms in total. The summed E-state index contributed by atoms with van der Waals surface area (Å²) in [5.41, 5.74) is 17.0. The van der Waals surface area contributed by atoms with E-state index in [9.17, 15) is 29.1 Å². The van der Waals surface area contributed by atoms with Crippen molar-refractivity contribution in [3.8, 4) is 0 Å². The number of nitrogens with one attached hydrogen (secondary N) is 2. The molecule has 0 bridgehead atoms. The van der Waals surface area contributed by atoms with Crippen LogP contribution in [0.5, 0.6) is 0 Å². The number of nitrogens with zero attached hydrogens (tertiary/aromatic N) is 1. The number of carboxylic acids is 2. The first-order valence-corrected chi connectivity index (χ1v) is 12.1. The Hall–Kier alpha value is -2.77. The van der Waals surface area contributed by atoms with E-state index < -0.39 is 54.3 Å². The van der Waals surface area contributed by atoms with Crippen LogP contribution in [-0.2, 0) is 24.0 Å². The molecule has 0 spiro atoms. The Labute approximate surface area is 205 Å². The fourth-order valence-electron chi connectivity index (χ4n) is 3.98. The molecular weight excluding hydrogens is 460 g/mol. The van der Waals surface area contributed by atoms with Crippen molar-refractivity contribution < 1.29 is 34.2 Å². The van der Waals surface area contributed by atoms with E-state index in [-0.39, 0.29) is 18.7 Å². The highest BCUT2D eigenvalue weighted by molar-refractivity contribution is 5.94. The Bertz CT molecular complexity index is 735. The average molecular weight is 501 g/mol. The van der Waals surface area contributed by atoms with E-state index >= 15 is 0 Å². The molecule has 1 rings (SSSR count). The predicted octanol–water partition coefficient (Wildman–Crippen LogP) is -1.52. The number of carboxylic acid groups (broad SMARTS) is 2. The highest BCUT2D eigenvalue weighted by Gasteiger charge is 2.37. The van der Waals surface area contributed by atoms with Crippen molar-refractivity contribution in [2.45, 2.75) is 88.4 Å². The summed E-state index contributed by atoms with van der Waals surface area (Å²) in [6.07, 6.45) is 3.49. The predicted molar refractivity (Wildman–Crippen MR) is 127 cm³/mol. The van der Waals surface area contributed by atoms with Crippen molar-refractivity contribution in [3.63, 3.8) is 0 Å². The highest BCUT2D eigenvalue weighted by Crippen LogP contribution is 2.20. The Kier molecular flexibility index (Phi) is 13.8. The lowest BCUT2D eigenvalue weighted by atomic mass is 10.1. The highest BCUT2D eigenvalue weighted by atomic mass is 16.4. The molecule has 4 atom stereocenters. The van der Waals surface area contributed by atoms with Crippen LogP contribution >= 0.6 is 0 Å². The second kappa shape index (κ2) is 16.0. The number of nitrogens with two attached hydrogens (primary N) is 3. The Balaban J connectivity index is 2.87. The maximum Gasteiger partial charge on any atom is 0.326 e. The van der Waals surface area contributed by atoms with Gasteiger partial charge in [0.25, 0.3) is 0 Å². The Morgan fingerprint density at radius 3 is 2.09 bits per heavy atom. The summed E-state index contributed by atoms with van der Waals surface area (Å²) in [6, 6.07) is -4.00. The summed E-state index contributed by atoms with van der Waals surface area (Å²) >= 11 is 0. The number of unbranched alkanes of at least 4 members (excludes halogenated alkanes) is 2. The van der Waals surface area contributed by atoms with Crippen molar-refractivity contribution in [2.75, 3.05) is 19.6 Å². The lowest BCUT2D eigenvalue weighted by Gasteiger charge is -2.28. The average Bonchev–Trinajstić information content (AvgIpc) is 3.30. The molecule has 10 N–H and O–H groups in total. The number of carbonyl (C=O) groups is 5. The molecule has 0 aromatic rings. The van der Waals surface area contributed by atoms with Gasteiger partial charge in [-0.15, -0.1) is 0 Å². The second-order valence-corrected chi connectivity index (χ2v) is 8.76. The van der Waals surface area contributed by atoms with Crippen LogP contribution < -0.4 is 27.8 Å². The van der Waals surface area contributed by atoms with E-state index in [4.69, 9.17) is 22.3 Å². The van der Waals surface area contributed by atoms with Gasteiger partial charge >= 0.3 is 11.9 Å². The number of carbonyl (C=O) groups excluding carboxylic acids is 3. The maximum atomic E-state index is 13.1. The minimum Gasteiger partial charge on any atom is -0.481 e. The normalized spacial score (nSPS) is 17.9. The lowest BCUT2D eigenvalue weighted by Crippen LogP contribution is -2.56. The summed E-state index contributed by atoms with van der Waals surface area (Å²) in [4.78, 5) is 62.4. The van der Waals surface area contributed by atoms with Crippen molar-refractivity contribution >= 4 is 29.7 Å². The molecule has 3 amide bonds. The van der Waals surface area contributed by atoms with Gasteiger partial charge in [0.2, 0.25) is 17.7 Å². The standard InChI is InChI=1S/C22H40N6O7/c23-11-3-1-6-14(25)21(33)28-13-5-8-17(28)20(32)26-15(7-2-4-12-24)19(31)27-16(22(34)35)9-10-18(29)30/h14-17H,1-13,23-25H2,(H,26,32)(H,27,31)(H,29,30)(H,34,35). The number of hydrogen-bond donors (Lipinski definition) is 7. The molecule has 0 radical (unpaired) electrons. The third-order valence-electron chi connectivity index (χ3n) is 5.97. The van der Waals surface area contributed by atoms with Crippen LogP contribution in [0, 0.1) is 0 Å². The van der Waals surface area contributed by atoms with Crippen molar-refractivity contribution in [2.24, 2.45) is 17.2 Å². The van der Waals surface area contributed by atoms with Crippen molar-refractivity contribution in [1.29, 1.82) is 0 Å². The summed E-state index contributed by atoms with van der Waals surface area (Å²) in [6.45, 7) is 1.26. The largest absolute Gasteiger partial charge is 0.481 e. The van der Waals surface area contributed by atoms with Crippen LogP contribution in [0.3, 0.4) is 0 Å². The first-order chi connectivity index (χ1) is 16.6. The molecule has 0 aliphatic carbocycles. The molecule has 0 saturated carbocycles. The van der Waals surface area contributed by atoms with Crippen LogP contribution in [0.25, 0.3) is 0 Å². The third kappa shape index (κ3) is 10.6. The zero-order chi connectivity index (χ0) is 26.4. The minimum atomic E-state index is -1.41. The van der Waals surface area contributed by atoms with E-state index in [1.54, 1.807) is 0 Å². The number of aliphatic carboxylic acids is 2. The van der Waals surface area contributed by atoms with Gasteiger partial charge in [-0.2, -0.15) is 0 Å². The minimum absolute atomic E-state index is 0.208. The fourth-order valence-corrected chi connectivity index (χ4v) is 3.98. The van der Waals surface area contributed by atoms with E-state index in [0.717, 1.165) is 6.42 Å². The second-order valence-electron chi connectivity index (χ2n) is 8.76. The number of hydrogen-bond acceptors (Lipinski definition) is 8. The molecule has 4 unspecified atom stereocenters. The van der Waals surface area contributed by atoms with Crippen LogP contribution in [0.15, 0.2) is 0 Å². The quantitative estimate of drug-likeness (QED) is 0.114. The molecule has 0 aromatic heterocycles. The first kappa shape index (κ1) is 30.3. The van der Waals surface area contributed by atoms with Crippen LogP contribution in [0.2, 0.25) is 0 Å². The van der Waals surface area contributed by atoms with Gasteiger partial charge in [0.1, 0.15) is 18.1 Å². The topological polar surface area (TPSA) is 231 Å². The van der Waals surface area contributed by atoms with Gasteiger partial charge in [-0.1, -0.05) is 6.42 Å². The number of rotatable bonds is 17. The van der Waals surface area contributed by atoms with Crippen molar-refractivity contribution in [3.05, 3.63) is 0 Å². The van der Waals surface area contributed by atoms with Gasteiger partial charge in [0, 0.05) is 13.0 Å². The first-order valence-electron chi connectivity index (χ1n) is 12.1. The van der Waals surface area contributed by atoms with Gasteiger partial charge in [0.15, 0.2) is 0 Å². The molecule has 13 heteroatoms. The van der Waals surface area contributed by atoms with E-state index in [0.29, 0.717) is 58.2 Å². The van der Waals surface area contributed by atoms with E-state index in [1.807, 2.05) is 0 Å². The monoisotopic (exact) mass is 500 g/mol. The summed E-state index contributed by atoms with van der Waals surface area (Å²) in [5, 5.41) is 23.1. The molecule has 1 aliphatic rings. The molecule has 1 heterocycles. The molecule has 35 heavy (non-hydrogen) atoms. The summed E-state index contributed by atoms with van der Waals surface area (Å²) in [7, 11) is 0. The zero-order valence-corrected chi connectivity index (χ0v) is 20.1.